The number of carbonyl (C=O) groups excluding carboxylic acids is 1. The highest BCUT2D eigenvalue weighted by atomic mass is 32.2. The zero-order valence-electron chi connectivity index (χ0n) is 11.3. The average Bonchev–Trinajstić information content (AvgIpc) is 3.15. The van der Waals surface area contributed by atoms with Crippen LogP contribution in [0.2, 0.25) is 0 Å². The molecule has 1 heterocycles. The SMILES string of the molecule is CC(CCNC(=O)CSc1nncn1C1CC1)C(=O)O. The molecule has 0 spiro atoms. The molecule has 2 N–H and O–H groups in total. The van der Waals surface area contributed by atoms with Gasteiger partial charge < -0.3 is 15.0 Å². The first kappa shape index (κ1) is 14.8. The number of thioether (sulfide) groups is 1. The molecule has 0 saturated heterocycles. The van der Waals surface area contributed by atoms with Crippen LogP contribution in [0.4, 0.5) is 0 Å². The van der Waals surface area contributed by atoms with E-state index in [2.05, 4.69) is 15.5 Å². The minimum atomic E-state index is -0.842. The molecule has 110 valence electrons. The molecule has 2 rings (SSSR count). The normalized spacial score (nSPS) is 15.8. The number of nitrogens with zero attached hydrogens (tertiary/aromatic N) is 3. The Balaban J connectivity index is 1.67. The van der Waals surface area contributed by atoms with Crippen LogP contribution in [0.3, 0.4) is 0 Å². The number of carboxylic acids is 1. The van der Waals surface area contributed by atoms with Crippen LogP contribution in [-0.2, 0) is 9.59 Å². The van der Waals surface area contributed by atoms with Gasteiger partial charge in [-0.25, -0.2) is 0 Å². The van der Waals surface area contributed by atoms with E-state index in [1.165, 1.54) is 11.8 Å². The fraction of sp³-hybridized carbons (Fsp3) is 0.667. The van der Waals surface area contributed by atoms with Crippen LogP contribution in [0.15, 0.2) is 11.5 Å². The van der Waals surface area contributed by atoms with Crippen molar-refractivity contribution in [2.75, 3.05) is 12.3 Å². The Morgan fingerprint density at radius 2 is 2.35 bits per heavy atom. The zero-order valence-corrected chi connectivity index (χ0v) is 12.1. The summed E-state index contributed by atoms with van der Waals surface area (Å²) in [5.74, 6) is -1.13. The molecule has 1 atom stereocenters. The second-order valence-electron chi connectivity index (χ2n) is 4.92. The van der Waals surface area contributed by atoms with Gasteiger partial charge in [0.15, 0.2) is 5.16 Å². The third-order valence-electron chi connectivity index (χ3n) is 3.13. The highest BCUT2D eigenvalue weighted by Crippen LogP contribution is 2.37. The summed E-state index contributed by atoms with van der Waals surface area (Å²) >= 11 is 1.36. The van der Waals surface area contributed by atoms with Crippen molar-refractivity contribution in [2.24, 2.45) is 5.92 Å². The quantitative estimate of drug-likeness (QED) is 0.693. The Morgan fingerprint density at radius 1 is 1.60 bits per heavy atom. The van der Waals surface area contributed by atoms with Crippen LogP contribution >= 0.6 is 11.8 Å². The standard InChI is InChI=1S/C12H18N4O3S/c1-8(11(18)19)4-5-13-10(17)6-20-12-15-14-7-16(12)9-2-3-9/h7-9H,2-6H2,1H3,(H,13,17)(H,18,19). The van der Waals surface area contributed by atoms with Crippen molar-refractivity contribution < 1.29 is 14.7 Å². The minimum Gasteiger partial charge on any atom is -0.481 e. The van der Waals surface area contributed by atoms with Gasteiger partial charge in [0, 0.05) is 12.6 Å². The van der Waals surface area contributed by atoms with Gasteiger partial charge in [0.05, 0.1) is 11.7 Å². The smallest absolute Gasteiger partial charge is 0.306 e. The van der Waals surface area contributed by atoms with Gasteiger partial charge >= 0.3 is 5.97 Å². The monoisotopic (exact) mass is 298 g/mol. The summed E-state index contributed by atoms with van der Waals surface area (Å²) in [5.41, 5.74) is 0. The molecule has 1 amide bonds. The summed E-state index contributed by atoms with van der Waals surface area (Å²) in [6, 6.07) is 0.493. The van der Waals surface area contributed by atoms with E-state index < -0.39 is 11.9 Å². The molecule has 20 heavy (non-hydrogen) atoms. The van der Waals surface area contributed by atoms with Gasteiger partial charge in [-0.15, -0.1) is 10.2 Å². The van der Waals surface area contributed by atoms with Gasteiger partial charge in [-0.1, -0.05) is 18.7 Å². The summed E-state index contributed by atoms with van der Waals surface area (Å²) in [6.07, 6.45) is 4.42. The van der Waals surface area contributed by atoms with E-state index in [1.807, 2.05) is 4.57 Å². The van der Waals surface area contributed by atoms with Crippen LogP contribution in [0.25, 0.3) is 0 Å². The Kier molecular flexibility index (Phi) is 4.99. The minimum absolute atomic E-state index is 0.113. The lowest BCUT2D eigenvalue weighted by Crippen LogP contribution is -2.28. The van der Waals surface area contributed by atoms with E-state index in [1.54, 1.807) is 13.3 Å². The average molecular weight is 298 g/mol. The van der Waals surface area contributed by atoms with Gasteiger partial charge in [-0.05, 0) is 19.3 Å². The van der Waals surface area contributed by atoms with Crippen molar-refractivity contribution in [3.63, 3.8) is 0 Å². The number of amides is 1. The summed E-state index contributed by atoms with van der Waals surface area (Å²) in [7, 11) is 0. The van der Waals surface area contributed by atoms with E-state index in [4.69, 9.17) is 5.11 Å². The van der Waals surface area contributed by atoms with Crippen molar-refractivity contribution in [3.8, 4) is 0 Å². The zero-order chi connectivity index (χ0) is 14.5. The Bertz CT molecular complexity index is 487. The molecule has 0 bridgehead atoms. The predicted octanol–water partition coefficient (Wildman–Crippen LogP) is 0.932. The molecule has 0 aromatic carbocycles. The summed E-state index contributed by atoms with van der Waals surface area (Å²) in [4.78, 5) is 22.3. The summed E-state index contributed by atoms with van der Waals surface area (Å²) < 4.78 is 2.00. The van der Waals surface area contributed by atoms with Crippen LogP contribution in [0, 0.1) is 5.92 Å². The highest BCUT2D eigenvalue weighted by Gasteiger charge is 2.26. The number of carbonyl (C=O) groups is 2. The Labute approximate surface area is 121 Å². The first-order valence-electron chi connectivity index (χ1n) is 6.59. The van der Waals surface area contributed by atoms with Gasteiger partial charge in [0.1, 0.15) is 6.33 Å². The van der Waals surface area contributed by atoms with Gasteiger partial charge in [0.25, 0.3) is 0 Å². The number of aliphatic carboxylic acids is 1. The largest absolute Gasteiger partial charge is 0.481 e. The van der Waals surface area contributed by atoms with Gasteiger partial charge in [-0.3, -0.25) is 9.59 Å². The van der Waals surface area contributed by atoms with E-state index in [0.717, 1.165) is 18.0 Å². The lowest BCUT2D eigenvalue weighted by Gasteiger charge is -2.08. The molecule has 0 aliphatic heterocycles. The summed E-state index contributed by atoms with van der Waals surface area (Å²) in [6.45, 7) is 2.00. The molecule has 1 saturated carbocycles. The third kappa shape index (κ3) is 4.22. The Hall–Kier alpha value is -1.57. The second-order valence-corrected chi connectivity index (χ2v) is 5.86. The number of hydrogen-bond donors (Lipinski definition) is 2. The fourth-order valence-corrected chi connectivity index (χ4v) is 2.48. The number of carboxylic acid groups (broad SMARTS) is 1. The van der Waals surface area contributed by atoms with E-state index >= 15 is 0 Å². The first-order valence-corrected chi connectivity index (χ1v) is 7.58. The molecule has 1 aliphatic carbocycles. The fourth-order valence-electron chi connectivity index (χ4n) is 1.67. The van der Waals surface area contributed by atoms with Crippen molar-refractivity contribution in [1.29, 1.82) is 0 Å². The molecule has 7 nitrogen and oxygen atoms in total. The van der Waals surface area contributed by atoms with E-state index in [0.29, 0.717) is 19.0 Å². The Morgan fingerprint density at radius 3 is 3.00 bits per heavy atom. The predicted molar refractivity (Wildman–Crippen MR) is 73.4 cm³/mol. The second kappa shape index (κ2) is 6.74. The van der Waals surface area contributed by atoms with Crippen molar-refractivity contribution in [2.45, 2.75) is 37.4 Å². The molecule has 1 fully saturated rings. The third-order valence-corrected chi connectivity index (χ3v) is 4.09. The molecule has 1 aliphatic rings. The van der Waals surface area contributed by atoms with E-state index in [-0.39, 0.29) is 11.7 Å². The lowest BCUT2D eigenvalue weighted by atomic mass is 10.1. The number of aromatic nitrogens is 3. The molecule has 1 aromatic rings. The van der Waals surface area contributed by atoms with Crippen LogP contribution in [0.5, 0.6) is 0 Å². The number of hydrogen-bond acceptors (Lipinski definition) is 5. The van der Waals surface area contributed by atoms with Gasteiger partial charge in [-0.2, -0.15) is 0 Å². The maximum absolute atomic E-state index is 11.6. The van der Waals surface area contributed by atoms with Gasteiger partial charge in [0.2, 0.25) is 5.91 Å². The maximum atomic E-state index is 11.6. The molecular weight excluding hydrogens is 280 g/mol. The molecule has 1 aromatic heterocycles. The molecule has 1 unspecified atom stereocenters. The van der Waals surface area contributed by atoms with Crippen LogP contribution in [-0.4, -0.2) is 44.0 Å². The topological polar surface area (TPSA) is 97.1 Å². The maximum Gasteiger partial charge on any atom is 0.306 e. The molecule has 8 heteroatoms. The van der Waals surface area contributed by atoms with Crippen LogP contribution in [0.1, 0.15) is 32.2 Å². The first-order chi connectivity index (χ1) is 9.58. The van der Waals surface area contributed by atoms with Crippen molar-refractivity contribution in [1.82, 2.24) is 20.1 Å². The highest BCUT2D eigenvalue weighted by molar-refractivity contribution is 7.99. The van der Waals surface area contributed by atoms with Crippen molar-refractivity contribution >= 4 is 23.6 Å². The lowest BCUT2D eigenvalue weighted by molar-refractivity contribution is -0.141. The number of nitrogens with one attached hydrogen (secondary N) is 1. The van der Waals surface area contributed by atoms with E-state index in [9.17, 15) is 9.59 Å². The van der Waals surface area contributed by atoms with Crippen molar-refractivity contribution in [3.05, 3.63) is 6.33 Å². The summed E-state index contributed by atoms with van der Waals surface area (Å²) in [5, 5.41) is 20.1. The van der Waals surface area contributed by atoms with Crippen LogP contribution < -0.4 is 5.32 Å². The molecular formula is C12H18N4O3S. The number of rotatable bonds is 8. The molecule has 0 radical (unpaired) electrons.